The van der Waals surface area contributed by atoms with Crippen molar-refractivity contribution in [2.24, 2.45) is 0 Å². The van der Waals surface area contributed by atoms with Crippen LogP contribution in [-0.2, 0) is 10.0 Å². The first-order valence-corrected chi connectivity index (χ1v) is 9.58. The van der Waals surface area contributed by atoms with Crippen molar-refractivity contribution in [3.8, 4) is 0 Å². The minimum Gasteiger partial charge on any atom is -0.459 e. The van der Waals surface area contributed by atoms with Crippen LogP contribution in [0.25, 0.3) is 11.0 Å². The van der Waals surface area contributed by atoms with Gasteiger partial charge >= 0.3 is 0 Å². The van der Waals surface area contributed by atoms with Crippen LogP contribution in [0.5, 0.6) is 0 Å². The summed E-state index contributed by atoms with van der Waals surface area (Å²) >= 11 is 0. The summed E-state index contributed by atoms with van der Waals surface area (Å²) in [6.45, 7) is 1.84. The van der Waals surface area contributed by atoms with E-state index in [9.17, 15) is 13.2 Å². The van der Waals surface area contributed by atoms with Gasteiger partial charge in [0.25, 0.3) is 5.91 Å². The van der Waals surface area contributed by atoms with Gasteiger partial charge in [-0.3, -0.25) is 9.52 Å². The molecule has 0 fully saturated rings. The van der Waals surface area contributed by atoms with Crippen molar-refractivity contribution in [3.05, 3.63) is 65.9 Å². The highest BCUT2D eigenvalue weighted by molar-refractivity contribution is 7.92. The molecule has 130 valence electrons. The number of sulfonamides is 1. The van der Waals surface area contributed by atoms with Gasteiger partial charge in [-0.1, -0.05) is 18.2 Å². The lowest BCUT2D eigenvalue weighted by atomic mass is 10.1. The molecule has 2 N–H and O–H groups in total. The molecule has 6 nitrogen and oxygen atoms in total. The van der Waals surface area contributed by atoms with Crippen LogP contribution < -0.4 is 10.0 Å². The van der Waals surface area contributed by atoms with Crippen molar-refractivity contribution < 1.29 is 17.6 Å². The Hall–Kier alpha value is -2.80. The summed E-state index contributed by atoms with van der Waals surface area (Å²) in [5.41, 5.74) is 1.61. The number of benzene rings is 2. The van der Waals surface area contributed by atoms with Crippen LogP contribution in [0.1, 0.15) is 29.1 Å². The van der Waals surface area contributed by atoms with Crippen LogP contribution in [0, 0.1) is 0 Å². The molecule has 3 rings (SSSR count). The zero-order valence-electron chi connectivity index (χ0n) is 13.8. The fraction of sp³-hybridized carbons (Fsp3) is 0.167. The van der Waals surface area contributed by atoms with Crippen molar-refractivity contribution in [1.29, 1.82) is 0 Å². The normalized spacial score (nSPS) is 12.7. The Labute approximate surface area is 145 Å². The van der Waals surface area contributed by atoms with Crippen molar-refractivity contribution in [3.63, 3.8) is 0 Å². The van der Waals surface area contributed by atoms with Gasteiger partial charge in [0, 0.05) is 16.6 Å². The molecule has 1 unspecified atom stereocenters. The summed E-state index contributed by atoms with van der Waals surface area (Å²) < 4.78 is 30.5. The lowest BCUT2D eigenvalue weighted by Crippen LogP contribution is -2.26. The predicted octanol–water partition coefficient (Wildman–Crippen LogP) is 3.30. The molecular formula is C18H18N2O4S. The molecule has 1 atom stereocenters. The summed E-state index contributed by atoms with van der Waals surface area (Å²) in [5, 5.41) is 3.85. The lowest BCUT2D eigenvalue weighted by molar-refractivity contribution is 0.0935. The number of fused-ring (bicyclic) bond motifs is 1. The van der Waals surface area contributed by atoms with E-state index in [1.165, 1.54) is 0 Å². The molecule has 7 heteroatoms. The maximum atomic E-state index is 12.3. The van der Waals surface area contributed by atoms with Gasteiger partial charge in [-0.05, 0) is 43.3 Å². The number of carbonyl (C=O) groups excluding carboxylic acids is 1. The first-order chi connectivity index (χ1) is 11.8. The Balaban J connectivity index is 1.70. The van der Waals surface area contributed by atoms with E-state index in [1.807, 2.05) is 37.3 Å². The quantitative estimate of drug-likeness (QED) is 0.732. The molecule has 0 radical (unpaired) electrons. The summed E-state index contributed by atoms with van der Waals surface area (Å²) in [7, 11) is -3.34. The summed E-state index contributed by atoms with van der Waals surface area (Å²) in [4.78, 5) is 12.3. The molecule has 0 spiro atoms. The number of rotatable bonds is 5. The molecule has 25 heavy (non-hydrogen) atoms. The Morgan fingerprint density at radius 3 is 2.40 bits per heavy atom. The van der Waals surface area contributed by atoms with E-state index in [1.54, 1.807) is 24.3 Å². The molecule has 0 aliphatic carbocycles. The largest absolute Gasteiger partial charge is 0.459 e. The second-order valence-electron chi connectivity index (χ2n) is 5.83. The lowest BCUT2D eigenvalue weighted by Gasteiger charge is -2.12. The highest BCUT2D eigenvalue weighted by atomic mass is 32.2. The van der Waals surface area contributed by atoms with Gasteiger partial charge in [-0.15, -0.1) is 0 Å². The zero-order valence-corrected chi connectivity index (χ0v) is 14.6. The first-order valence-electron chi connectivity index (χ1n) is 7.69. The van der Waals surface area contributed by atoms with E-state index in [2.05, 4.69) is 10.0 Å². The Morgan fingerprint density at radius 2 is 1.76 bits per heavy atom. The molecule has 1 amide bonds. The molecule has 0 aliphatic heterocycles. The minimum atomic E-state index is -3.34. The monoisotopic (exact) mass is 358 g/mol. The first kappa shape index (κ1) is 17.0. The van der Waals surface area contributed by atoms with Crippen LogP contribution in [-0.4, -0.2) is 20.6 Å². The molecule has 0 aliphatic rings. The summed E-state index contributed by atoms with van der Waals surface area (Å²) in [5.74, 6) is 0.406. The predicted molar refractivity (Wildman–Crippen MR) is 97.0 cm³/mol. The Kier molecular flexibility index (Phi) is 4.50. The van der Waals surface area contributed by atoms with Gasteiger partial charge in [0.2, 0.25) is 10.0 Å². The number of carbonyl (C=O) groups is 1. The van der Waals surface area contributed by atoms with Gasteiger partial charge in [0.15, 0.2) is 0 Å². The molecule has 0 saturated heterocycles. The van der Waals surface area contributed by atoms with Crippen LogP contribution in [0.3, 0.4) is 0 Å². The van der Waals surface area contributed by atoms with E-state index in [-0.39, 0.29) is 11.9 Å². The highest BCUT2D eigenvalue weighted by Crippen LogP contribution is 2.23. The number of anilines is 1. The second kappa shape index (κ2) is 6.60. The van der Waals surface area contributed by atoms with E-state index in [4.69, 9.17) is 4.42 Å². The molecule has 1 heterocycles. The van der Waals surface area contributed by atoms with E-state index >= 15 is 0 Å². The molecule has 0 bridgehead atoms. The van der Waals surface area contributed by atoms with Gasteiger partial charge in [-0.2, -0.15) is 0 Å². The maximum absolute atomic E-state index is 12.3. The van der Waals surface area contributed by atoms with Crippen LogP contribution >= 0.6 is 0 Å². The second-order valence-corrected chi connectivity index (χ2v) is 7.58. The number of hydrogen-bond donors (Lipinski definition) is 2. The number of furan rings is 1. The van der Waals surface area contributed by atoms with Crippen molar-refractivity contribution >= 4 is 32.6 Å². The number of hydrogen-bond acceptors (Lipinski definition) is 4. The fourth-order valence-corrected chi connectivity index (χ4v) is 3.03. The van der Waals surface area contributed by atoms with E-state index in [0.29, 0.717) is 17.0 Å². The van der Waals surface area contributed by atoms with Crippen molar-refractivity contribution in [2.75, 3.05) is 11.0 Å². The third kappa shape index (κ3) is 4.19. The Morgan fingerprint density at radius 1 is 1.08 bits per heavy atom. The van der Waals surface area contributed by atoms with E-state index < -0.39 is 10.0 Å². The third-order valence-electron chi connectivity index (χ3n) is 3.67. The molecule has 2 aromatic carbocycles. The van der Waals surface area contributed by atoms with Crippen LogP contribution in [0.2, 0.25) is 0 Å². The Bertz CT molecular complexity index is 974. The van der Waals surface area contributed by atoms with Crippen molar-refractivity contribution in [2.45, 2.75) is 13.0 Å². The van der Waals surface area contributed by atoms with Gasteiger partial charge < -0.3 is 9.73 Å². The van der Waals surface area contributed by atoms with E-state index in [0.717, 1.165) is 17.2 Å². The van der Waals surface area contributed by atoms with Crippen LogP contribution in [0.4, 0.5) is 5.69 Å². The standard InChI is InChI=1S/C18H18N2O4S/c1-12(17-11-14-5-3-4-6-16(14)24-17)19-18(21)13-7-9-15(10-8-13)20-25(2,22)23/h3-12,20H,1-2H3,(H,19,21). The zero-order chi connectivity index (χ0) is 18.0. The third-order valence-corrected chi connectivity index (χ3v) is 4.28. The topological polar surface area (TPSA) is 88.4 Å². The highest BCUT2D eigenvalue weighted by Gasteiger charge is 2.15. The SMILES string of the molecule is CC(NC(=O)c1ccc(NS(C)(=O)=O)cc1)c1cc2ccccc2o1. The number of nitrogens with one attached hydrogen (secondary N) is 2. The number of para-hydroxylation sites is 1. The maximum Gasteiger partial charge on any atom is 0.251 e. The molecular weight excluding hydrogens is 340 g/mol. The summed E-state index contributed by atoms with van der Waals surface area (Å²) in [6.07, 6.45) is 1.07. The fourth-order valence-electron chi connectivity index (χ4n) is 2.47. The van der Waals surface area contributed by atoms with Crippen LogP contribution in [0.15, 0.2) is 59.0 Å². The van der Waals surface area contributed by atoms with Gasteiger partial charge in [0.05, 0.1) is 12.3 Å². The average molecular weight is 358 g/mol. The molecule has 0 saturated carbocycles. The summed E-state index contributed by atoms with van der Waals surface area (Å²) in [6, 6.07) is 15.5. The van der Waals surface area contributed by atoms with Crippen molar-refractivity contribution in [1.82, 2.24) is 5.32 Å². The number of amides is 1. The van der Waals surface area contributed by atoms with Gasteiger partial charge in [-0.25, -0.2) is 8.42 Å². The molecule has 3 aromatic rings. The average Bonchev–Trinajstić information content (AvgIpc) is 2.98. The smallest absolute Gasteiger partial charge is 0.251 e. The molecule has 1 aromatic heterocycles. The van der Waals surface area contributed by atoms with Gasteiger partial charge in [0.1, 0.15) is 11.3 Å². The minimum absolute atomic E-state index is 0.265.